The van der Waals surface area contributed by atoms with E-state index in [9.17, 15) is 0 Å². The number of hydrogen-bond acceptors (Lipinski definition) is 1. The minimum atomic E-state index is 0. The van der Waals surface area contributed by atoms with Gasteiger partial charge in [-0.2, -0.15) is 0 Å². The minimum Gasteiger partial charge on any atom is -0.396 e. The Morgan fingerprint density at radius 3 is 1.50 bits per heavy atom. The van der Waals surface area contributed by atoms with Gasteiger partial charge in [0.2, 0.25) is 0 Å². The first kappa shape index (κ1) is 22.4. The summed E-state index contributed by atoms with van der Waals surface area (Å²) in [5.41, 5.74) is 0. The second kappa shape index (κ2) is 22.6. The molecular formula is C4H10OZr3. The molecule has 4 heteroatoms. The zero-order chi connectivity index (χ0) is 4.12. The predicted molar refractivity (Wildman–Crippen MR) is 22.0 cm³/mol. The average molecular weight is 348 g/mol. The zero-order valence-electron chi connectivity index (χ0n) is 5.07. The summed E-state index contributed by atoms with van der Waals surface area (Å²) in [7, 11) is 0. The van der Waals surface area contributed by atoms with Gasteiger partial charge in [-0.25, -0.2) is 0 Å². The van der Waals surface area contributed by atoms with E-state index >= 15 is 0 Å². The van der Waals surface area contributed by atoms with Gasteiger partial charge in [0, 0.05) is 85.2 Å². The fourth-order valence-electron chi connectivity index (χ4n) is 0.158. The predicted octanol–water partition coefficient (Wildman–Crippen LogP) is 0.771. The number of rotatable bonds is 2. The van der Waals surface area contributed by atoms with E-state index in [0.717, 1.165) is 12.8 Å². The molecule has 0 atom stereocenters. The van der Waals surface area contributed by atoms with Gasteiger partial charge in [0.25, 0.3) is 0 Å². The van der Waals surface area contributed by atoms with Crippen molar-refractivity contribution in [2.24, 2.45) is 0 Å². The molecule has 0 unspecified atom stereocenters. The number of aliphatic hydroxyl groups excluding tert-OH is 1. The molecule has 1 N–H and O–H groups in total. The van der Waals surface area contributed by atoms with Crippen LogP contribution in [0.2, 0.25) is 0 Å². The van der Waals surface area contributed by atoms with Crippen molar-refractivity contribution >= 4 is 0 Å². The molecule has 0 spiro atoms. The van der Waals surface area contributed by atoms with Gasteiger partial charge >= 0.3 is 0 Å². The summed E-state index contributed by atoms with van der Waals surface area (Å²) < 4.78 is 0. The standard InChI is InChI=1S/C4H10O.3Zr/c1-2-3-4-5;;;/h5H,2-4H2,1H3;;;. The third kappa shape index (κ3) is 23.5. The van der Waals surface area contributed by atoms with E-state index < -0.39 is 0 Å². The maximum atomic E-state index is 8.07. The number of hydrogen-bond donors (Lipinski definition) is 1. The van der Waals surface area contributed by atoms with Crippen molar-refractivity contribution in [3.8, 4) is 0 Å². The summed E-state index contributed by atoms with van der Waals surface area (Å²) in [6.07, 6.45) is 2.04. The van der Waals surface area contributed by atoms with Crippen LogP contribution in [0.3, 0.4) is 0 Å². The summed E-state index contributed by atoms with van der Waals surface area (Å²) in [6.45, 7) is 2.40. The first-order valence-corrected chi connectivity index (χ1v) is 2.02. The molecule has 0 aliphatic rings. The molecule has 0 heterocycles. The number of unbranched alkanes of at least 4 members (excludes halogenated alkanes) is 1. The summed E-state index contributed by atoms with van der Waals surface area (Å²) in [5, 5.41) is 8.07. The van der Waals surface area contributed by atoms with E-state index in [0.29, 0.717) is 6.61 Å². The summed E-state index contributed by atoms with van der Waals surface area (Å²) in [5.74, 6) is 0. The zero-order valence-corrected chi connectivity index (χ0v) is 12.4. The van der Waals surface area contributed by atoms with Gasteiger partial charge in [-0.3, -0.25) is 0 Å². The van der Waals surface area contributed by atoms with Crippen LogP contribution < -0.4 is 0 Å². The van der Waals surface area contributed by atoms with Gasteiger partial charge in [0.1, 0.15) is 0 Å². The Bertz CT molecular complexity index is 18.8. The quantitative estimate of drug-likeness (QED) is 0.782. The van der Waals surface area contributed by atoms with Gasteiger partial charge in [-0.15, -0.1) is 0 Å². The Morgan fingerprint density at radius 1 is 1.12 bits per heavy atom. The molecule has 0 aliphatic heterocycles. The van der Waals surface area contributed by atoms with Crippen molar-refractivity contribution in [2.75, 3.05) is 6.61 Å². The molecule has 0 aromatic rings. The van der Waals surface area contributed by atoms with Crippen LogP contribution in [0.1, 0.15) is 19.8 Å². The molecule has 0 radical (unpaired) electrons. The van der Waals surface area contributed by atoms with Crippen LogP contribution in [0.25, 0.3) is 0 Å². The van der Waals surface area contributed by atoms with Crippen LogP contribution >= 0.6 is 0 Å². The van der Waals surface area contributed by atoms with Crippen LogP contribution in [0.15, 0.2) is 0 Å². The molecule has 0 saturated carbocycles. The first-order chi connectivity index (χ1) is 2.41. The first-order valence-electron chi connectivity index (χ1n) is 2.02. The third-order valence-corrected chi connectivity index (χ3v) is 0.512. The van der Waals surface area contributed by atoms with E-state index in [1.807, 2.05) is 0 Å². The molecule has 0 saturated heterocycles. The fraction of sp³-hybridized carbons (Fsp3) is 1.00. The molecule has 8 heavy (non-hydrogen) atoms. The molecule has 0 aromatic carbocycles. The Morgan fingerprint density at radius 2 is 1.50 bits per heavy atom. The monoisotopic (exact) mass is 344 g/mol. The number of aliphatic hydroxyl groups is 1. The van der Waals surface area contributed by atoms with Crippen molar-refractivity contribution < 1.29 is 83.7 Å². The largest absolute Gasteiger partial charge is 0.396 e. The molecule has 0 aliphatic carbocycles. The van der Waals surface area contributed by atoms with Gasteiger partial charge in [-0.05, 0) is 6.42 Å². The van der Waals surface area contributed by atoms with Gasteiger partial charge in [0.05, 0.1) is 0 Å². The molecular weight excluding hydrogens is 338 g/mol. The van der Waals surface area contributed by atoms with Crippen LogP contribution in [0.4, 0.5) is 0 Å². The minimum absolute atomic E-state index is 0. The Labute approximate surface area is 108 Å². The molecule has 0 aromatic heterocycles. The molecule has 0 rings (SSSR count). The molecule has 0 fully saturated rings. The topological polar surface area (TPSA) is 20.2 Å². The van der Waals surface area contributed by atoms with E-state index in [1.54, 1.807) is 0 Å². The van der Waals surface area contributed by atoms with E-state index in [-0.39, 0.29) is 78.6 Å². The molecule has 44 valence electrons. The van der Waals surface area contributed by atoms with Crippen LogP contribution in [0, 0.1) is 0 Å². The molecule has 0 bridgehead atoms. The van der Waals surface area contributed by atoms with E-state index in [4.69, 9.17) is 5.11 Å². The molecule has 0 amide bonds. The van der Waals surface area contributed by atoms with Gasteiger partial charge < -0.3 is 5.11 Å². The third-order valence-electron chi connectivity index (χ3n) is 0.512. The van der Waals surface area contributed by atoms with Crippen molar-refractivity contribution in [3.63, 3.8) is 0 Å². The summed E-state index contributed by atoms with van der Waals surface area (Å²) in [6, 6.07) is 0. The van der Waals surface area contributed by atoms with Crippen molar-refractivity contribution in [1.29, 1.82) is 0 Å². The van der Waals surface area contributed by atoms with Crippen molar-refractivity contribution in [2.45, 2.75) is 19.8 Å². The average Bonchev–Trinajstić information content (AvgIpc) is 1.41. The van der Waals surface area contributed by atoms with Crippen LogP contribution in [0.5, 0.6) is 0 Å². The van der Waals surface area contributed by atoms with E-state index in [2.05, 4.69) is 6.92 Å². The maximum Gasteiger partial charge on any atom is 0.0430 e. The second-order valence-corrected chi connectivity index (χ2v) is 1.08. The Hall–Kier alpha value is 2.61. The van der Waals surface area contributed by atoms with E-state index in [1.165, 1.54) is 0 Å². The van der Waals surface area contributed by atoms with Crippen LogP contribution in [-0.2, 0) is 78.6 Å². The smallest absolute Gasteiger partial charge is 0.0430 e. The van der Waals surface area contributed by atoms with Crippen LogP contribution in [-0.4, -0.2) is 11.7 Å². The Balaban J connectivity index is -0.0000000267. The summed E-state index contributed by atoms with van der Waals surface area (Å²) >= 11 is 0. The van der Waals surface area contributed by atoms with Crippen molar-refractivity contribution in [3.05, 3.63) is 0 Å². The van der Waals surface area contributed by atoms with Gasteiger partial charge in [0.15, 0.2) is 0 Å². The van der Waals surface area contributed by atoms with Crippen molar-refractivity contribution in [1.82, 2.24) is 0 Å². The summed E-state index contributed by atoms with van der Waals surface area (Å²) in [4.78, 5) is 0. The van der Waals surface area contributed by atoms with Gasteiger partial charge in [-0.1, -0.05) is 13.3 Å². The Kier molecular flexibility index (Phi) is 63.5. The maximum absolute atomic E-state index is 8.07. The second-order valence-electron chi connectivity index (χ2n) is 1.08. The normalized spacial score (nSPS) is 5.25. The SMILES string of the molecule is CCCCO.[Zr].[Zr].[Zr]. The molecule has 1 nitrogen and oxygen atoms in total. The fourth-order valence-corrected chi connectivity index (χ4v) is 0.158.